The number of anilines is 1. The van der Waals surface area contributed by atoms with Crippen molar-refractivity contribution in [3.05, 3.63) is 12.7 Å². The van der Waals surface area contributed by atoms with Crippen LogP contribution in [0.5, 0.6) is 0 Å². The van der Waals surface area contributed by atoms with E-state index in [0.29, 0.717) is 16.2 Å². The summed E-state index contributed by atoms with van der Waals surface area (Å²) in [5.41, 5.74) is 0.859. The van der Waals surface area contributed by atoms with E-state index in [4.69, 9.17) is 0 Å². The smallest absolute Gasteiger partial charge is 0.252 e. The van der Waals surface area contributed by atoms with Crippen LogP contribution in [-0.4, -0.2) is 31.1 Å². The van der Waals surface area contributed by atoms with Gasteiger partial charge in [0, 0.05) is 6.42 Å². The van der Waals surface area contributed by atoms with Crippen molar-refractivity contribution in [3.8, 4) is 0 Å². The highest BCUT2D eigenvalue weighted by atomic mass is 16.5. The SMILES string of the molecule is CCCCC(=O)N(O)c1ncnc2nc[nH]c12. The topological polar surface area (TPSA) is 95.0 Å². The zero-order valence-electron chi connectivity index (χ0n) is 9.42. The molecule has 7 heteroatoms. The van der Waals surface area contributed by atoms with E-state index in [-0.39, 0.29) is 18.1 Å². The lowest BCUT2D eigenvalue weighted by molar-refractivity contribution is -0.123. The van der Waals surface area contributed by atoms with E-state index in [0.717, 1.165) is 12.8 Å². The molecule has 7 nitrogen and oxygen atoms in total. The summed E-state index contributed by atoms with van der Waals surface area (Å²) >= 11 is 0. The number of aromatic nitrogens is 4. The molecule has 1 amide bonds. The summed E-state index contributed by atoms with van der Waals surface area (Å²) in [6.07, 6.45) is 4.60. The maximum atomic E-state index is 11.6. The Morgan fingerprint density at radius 3 is 3.06 bits per heavy atom. The third-order valence-electron chi connectivity index (χ3n) is 2.38. The minimum atomic E-state index is -0.388. The summed E-state index contributed by atoms with van der Waals surface area (Å²) in [5, 5.41) is 10.3. The predicted molar refractivity (Wildman–Crippen MR) is 60.5 cm³/mol. The third-order valence-corrected chi connectivity index (χ3v) is 2.38. The molecule has 0 spiro atoms. The number of unbranched alkanes of at least 4 members (excludes halogenated alkanes) is 1. The van der Waals surface area contributed by atoms with Crippen LogP contribution in [-0.2, 0) is 4.79 Å². The van der Waals surface area contributed by atoms with Crippen LogP contribution in [0.2, 0.25) is 0 Å². The minimum Gasteiger partial charge on any atom is -0.340 e. The number of nitrogens with one attached hydrogen (secondary N) is 1. The van der Waals surface area contributed by atoms with Crippen molar-refractivity contribution in [1.82, 2.24) is 19.9 Å². The molecule has 0 aliphatic rings. The van der Waals surface area contributed by atoms with Crippen molar-refractivity contribution in [1.29, 1.82) is 0 Å². The van der Waals surface area contributed by atoms with Crippen molar-refractivity contribution in [3.63, 3.8) is 0 Å². The Hall–Kier alpha value is -2.02. The van der Waals surface area contributed by atoms with Crippen LogP contribution in [0, 0.1) is 0 Å². The number of carbonyl (C=O) groups is 1. The normalized spacial score (nSPS) is 10.7. The summed E-state index contributed by atoms with van der Waals surface area (Å²) < 4.78 is 0. The number of aromatic amines is 1. The average Bonchev–Trinajstić information content (AvgIpc) is 2.82. The monoisotopic (exact) mass is 235 g/mol. The first-order valence-electron chi connectivity index (χ1n) is 5.40. The summed E-state index contributed by atoms with van der Waals surface area (Å²) in [6.45, 7) is 1.98. The molecule has 0 saturated heterocycles. The van der Waals surface area contributed by atoms with E-state index < -0.39 is 0 Å². The molecule has 0 saturated carbocycles. The second kappa shape index (κ2) is 4.88. The van der Waals surface area contributed by atoms with Gasteiger partial charge in [0.15, 0.2) is 11.5 Å². The fraction of sp³-hybridized carbons (Fsp3) is 0.400. The number of nitrogens with zero attached hydrogens (tertiary/aromatic N) is 4. The largest absolute Gasteiger partial charge is 0.340 e. The van der Waals surface area contributed by atoms with Gasteiger partial charge in [-0.3, -0.25) is 10.0 Å². The molecule has 2 rings (SSSR count). The summed E-state index contributed by atoms with van der Waals surface area (Å²) in [4.78, 5) is 26.2. The highest BCUT2D eigenvalue weighted by Crippen LogP contribution is 2.18. The van der Waals surface area contributed by atoms with Gasteiger partial charge in [0.1, 0.15) is 11.8 Å². The lowest BCUT2D eigenvalue weighted by atomic mass is 10.2. The number of hydrogen-bond acceptors (Lipinski definition) is 5. The van der Waals surface area contributed by atoms with Crippen molar-refractivity contribution in [2.75, 3.05) is 5.06 Å². The predicted octanol–water partition coefficient (Wildman–Crippen LogP) is 1.27. The highest BCUT2D eigenvalue weighted by Gasteiger charge is 2.18. The average molecular weight is 235 g/mol. The van der Waals surface area contributed by atoms with Gasteiger partial charge in [-0.05, 0) is 6.42 Å². The van der Waals surface area contributed by atoms with Crippen LogP contribution < -0.4 is 5.06 Å². The lowest BCUT2D eigenvalue weighted by Gasteiger charge is -2.13. The van der Waals surface area contributed by atoms with Crippen LogP contribution in [0.15, 0.2) is 12.7 Å². The molecule has 0 unspecified atom stereocenters. The molecule has 0 radical (unpaired) electrons. The van der Waals surface area contributed by atoms with Crippen molar-refractivity contribution < 1.29 is 10.0 Å². The second-order valence-electron chi connectivity index (χ2n) is 3.61. The highest BCUT2D eigenvalue weighted by molar-refractivity contribution is 5.96. The van der Waals surface area contributed by atoms with Gasteiger partial charge in [-0.1, -0.05) is 13.3 Å². The van der Waals surface area contributed by atoms with Gasteiger partial charge in [-0.2, -0.15) is 5.06 Å². The van der Waals surface area contributed by atoms with Crippen molar-refractivity contribution in [2.45, 2.75) is 26.2 Å². The molecule has 17 heavy (non-hydrogen) atoms. The molecule has 0 fully saturated rings. The van der Waals surface area contributed by atoms with Gasteiger partial charge in [-0.25, -0.2) is 15.0 Å². The quantitative estimate of drug-likeness (QED) is 0.614. The molecule has 0 aromatic carbocycles. The van der Waals surface area contributed by atoms with Crippen LogP contribution in [0.1, 0.15) is 26.2 Å². The van der Waals surface area contributed by atoms with Crippen LogP contribution >= 0.6 is 0 Å². The third kappa shape index (κ3) is 2.23. The van der Waals surface area contributed by atoms with Crippen LogP contribution in [0.25, 0.3) is 11.2 Å². The van der Waals surface area contributed by atoms with Crippen LogP contribution in [0.3, 0.4) is 0 Å². The zero-order valence-corrected chi connectivity index (χ0v) is 9.42. The first-order chi connectivity index (χ1) is 8.24. The van der Waals surface area contributed by atoms with E-state index in [1.54, 1.807) is 0 Å². The van der Waals surface area contributed by atoms with Crippen molar-refractivity contribution in [2.24, 2.45) is 0 Å². The molecule has 0 aliphatic heterocycles. The molecule has 0 bridgehead atoms. The number of imidazole rings is 1. The standard InChI is InChI=1S/C10H13N5O2/c1-2-3-4-7(16)15(17)10-8-9(12-5-11-8)13-6-14-10/h5-6,17H,2-4H2,1H3,(H,11,12,13,14). The Labute approximate surface area is 97.5 Å². The van der Waals surface area contributed by atoms with Gasteiger partial charge in [0.05, 0.1) is 6.33 Å². The first kappa shape index (κ1) is 11.5. The van der Waals surface area contributed by atoms with Gasteiger partial charge >= 0.3 is 0 Å². The molecular weight excluding hydrogens is 222 g/mol. The Bertz CT molecular complexity index is 524. The molecule has 2 aromatic heterocycles. The van der Waals surface area contributed by atoms with E-state index >= 15 is 0 Å². The molecule has 0 aliphatic carbocycles. The molecule has 90 valence electrons. The number of fused-ring (bicyclic) bond motifs is 1. The van der Waals surface area contributed by atoms with Gasteiger partial charge < -0.3 is 4.98 Å². The zero-order chi connectivity index (χ0) is 12.3. The number of carbonyl (C=O) groups excluding carboxylic acids is 1. The number of hydrogen-bond donors (Lipinski definition) is 2. The van der Waals surface area contributed by atoms with E-state index in [2.05, 4.69) is 19.9 Å². The Kier molecular flexibility index (Phi) is 3.29. The van der Waals surface area contributed by atoms with E-state index in [1.165, 1.54) is 12.7 Å². The maximum absolute atomic E-state index is 11.6. The fourth-order valence-electron chi connectivity index (χ4n) is 1.46. The first-order valence-corrected chi connectivity index (χ1v) is 5.40. The van der Waals surface area contributed by atoms with Crippen molar-refractivity contribution >= 4 is 22.9 Å². The Balaban J connectivity index is 2.26. The number of hydroxylamine groups is 1. The Morgan fingerprint density at radius 1 is 1.47 bits per heavy atom. The fourth-order valence-corrected chi connectivity index (χ4v) is 1.46. The number of H-pyrrole nitrogens is 1. The minimum absolute atomic E-state index is 0.133. The molecule has 2 heterocycles. The lowest BCUT2D eigenvalue weighted by Crippen LogP contribution is -2.27. The van der Waals surface area contributed by atoms with Crippen LogP contribution in [0.4, 0.5) is 5.82 Å². The van der Waals surface area contributed by atoms with Gasteiger partial charge in [0.25, 0.3) is 5.91 Å². The Morgan fingerprint density at radius 2 is 2.29 bits per heavy atom. The molecule has 0 atom stereocenters. The molecule has 2 N–H and O–H groups in total. The number of amides is 1. The number of rotatable bonds is 4. The second-order valence-corrected chi connectivity index (χ2v) is 3.61. The summed E-state index contributed by atoms with van der Waals surface area (Å²) in [7, 11) is 0. The van der Waals surface area contributed by atoms with E-state index in [9.17, 15) is 10.0 Å². The van der Waals surface area contributed by atoms with E-state index in [1.807, 2.05) is 6.92 Å². The maximum Gasteiger partial charge on any atom is 0.252 e. The molecular formula is C10H13N5O2. The van der Waals surface area contributed by atoms with Gasteiger partial charge in [0.2, 0.25) is 0 Å². The molecule has 2 aromatic rings. The van der Waals surface area contributed by atoms with Gasteiger partial charge in [-0.15, -0.1) is 0 Å². The summed E-state index contributed by atoms with van der Waals surface area (Å²) in [5.74, 6) is -0.255. The summed E-state index contributed by atoms with van der Waals surface area (Å²) in [6, 6.07) is 0.